The quantitative estimate of drug-likeness (QED) is 0.678. The second-order valence-corrected chi connectivity index (χ2v) is 6.27. The SMILES string of the molecule is Cc1ccc(C(=O)CC(C(=O)O)c2c[nH]c3cc(F)ccc23)c(C)c1. The molecule has 1 aromatic heterocycles. The lowest BCUT2D eigenvalue weighted by Gasteiger charge is -2.12. The third-order valence-electron chi connectivity index (χ3n) is 4.42. The zero-order valence-electron chi connectivity index (χ0n) is 14.0. The van der Waals surface area contributed by atoms with Gasteiger partial charge in [-0.25, -0.2) is 4.39 Å². The van der Waals surface area contributed by atoms with E-state index in [4.69, 9.17) is 0 Å². The predicted octanol–water partition coefficient (Wildman–Crippen LogP) is 4.37. The number of benzene rings is 2. The predicted molar refractivity (Wildman–Crippen MR) is 93.5 cm³/mol. The highest BCUT2D eigenvalue weighted by Crippen LogP contribution is 2.30. The van der Waals surface area contributed by atoms with Crippen molar-refractivity contribution in [2.75, 3.05) is 0 Å². The zero-order valence-corrected chi connectivity index (χ0v) is 14.0. The maximum absolute atomic E-state index is 13.3. The van der Waals surface area contributed by atoms with E-state index in [0.29, 0.717) is 22.0 Å². The van der Waals surface area contributed by atoms with Crippen molar-refractivity contribution in [3.63, 3.8) is 0 Å². The molecule has 0 bridgehead atoms. The molecule has 1 atom stereocenters. The smallest absolute Gasteiger partial charge is 0.311 e. The highest BCUT2D eigenvalue weighted by molar-refractivity contribution is 6.01. The van der Waals surface area contributed by atoms with Crippen LogP contribution in [0.4, 0.5) is 4.39 Å². The van der Waals surface area contributed by atoms with Crippen LogP contribution in [0.5, 0.6) is 0 Å². The van der Waals surface area contributed by atoms with Crippen LogP contribution in [-0.4, -0.2) is 21.8 Å². The van der Waals surface area contributed by atoms with Gasteiger partial charge in [-0.1, -0.05) is 23.8 Å². The Morgan fingerprint density at radius 3 is 2.60 bits per heavy atom. The molecule has 1 unspecified atom stereocenters. The van der Waals surface area contributed by atoms with Crippen molar-refractivity contribution in [2.24, 2.45) is 0 Å². The number of halogens is 1. The Morgan fingerprint density at radius 2 is 1.92 bits per heavy atom. The summed E-state index contributed by atoms with van der Waals surface area (Å²) >= 11 is 0. The molecule has 0 aliphatic rings. The van der Waals surface area contributed by atoms with Gasteiger partial charge in [-0.2, -0.15) is 0 Å². The van der Waals surface area contributed by atoms with Gasteiger partial charge in [0.2, 0.25) is 0 Å². The molecule has 0 radical (unpaired) electrons. The maximum atomic E-state index is 13.3. The standard InChI is InChI=1S/C20H18FNO3/c1-11-3-5-14(12(2)7-11)19(23)9-16(20(24)25)17-10-22-18-8-13(21)4-6-15(17)18/h3-8,10,16,22H,9H2,1-2H3,(H,24,25). The summed E-state index contributed by atoms with van der Waals surface area (Å²) in [5.41, 5.74) is 3.40. The molecule has 2 N–H and O–H groups in total. The van der Waals surface area contributed by atoms with E-state index in [1.807, 2.05) is 26.0 Å². The summed E-state index contributed by atoms with van der Waals surface area (Å²) in [5, 5.41) is 10.2. The van der Waals surface area contributed by atoms with Crippen molar-refractivity contribution >= 4 is 22.7 Å². The Labute approximate surface area is 144 Å². The number of aryl methyl sites for hydroxylation is 2. The van der Waals surface area contributed by atoms with Gasteiger partial charge in [0.05, 0.1) is 5.92 Å². The number of ketones is 1. The summed E-state index contributed by atoms with van der Waals surface area (Å²) in [6, 6.07) is 9.60. The van der Waals surface area contributed by atoms with E-state index in [-0.39, 0.29) is 12.2 Å². The van der Waals surface area contributed by atoms with Crippen molar-refractivity contribution in [3.05, 3.63) is 70.7 Å². The number of H-pyrrole nitrogens is 1. The minimum absolute atomic E-state index is 0.149. The Bertz CT molecular complexity index is 974. The molecular formula is C20H18FNO3. The Balaban J connectivity index is 1.96. The summed E-state index contributed by atoms with van der Waals surface area (Å²) in [7, 11) is 0. The second kappa shape index (κ2) is 6.51. The fraction of sp³-hybridized carbons (Fsp3) is 0.200. The van der Waals surface area contributed by atoms with E-state index in [2.05, 4.69) is 4.98 Å². The van der Waals surface area contributed by atoms with Crippen molar-refractivity contribution in [2.45, 2.75) is 26.2 Å². The van der Waals surface area contributed by atoms with Crippen LogP contribution in [0.15, 0.2) is 42.6 Å². The zero-order chi connectivity index (χ0) is 18.1. The van der Waals surface area contributed by atoms with Gasteiger partial charge in [-0.3, -0.25) is 9.59 Å². The van der Waals surface area contributed by atoms with Crippen LogP contribution >= 0.6 is 0 Å². The fourth-order valence-corrected chi connectivity index (χ4v) is 3.16. The minimum atomic E-state index is -1.08. The summed E-state index contributed by atoms with van der Waals surface area (Å²) < 4.78 is 13.3. The molecule has 0 amide bonds. The molecule has 0 saturated carbocycles. The monoisotopic (exact) mass is 339 g/mol. The van der Waals surface area contributed by atoms with E-state index in [1.165, 1.54) is 24.4 Å². The van der Waals surface area contributed by atoms with Gasteiger partial charge in [0.15, 0.2) is 5.78 Å². The van der Waals surface area contributed by atoms with Crippen LogP contribution in [0, 0.1) is 19.7 Å². The lowest BCUT2D eigenvalue weighted by atomic mass is 9.90. The molecule has 0 aliphatic carbocycles. The van der Waals surface area contributed by atoms with Crippen LogP contribution in [0.3, 0.4) is 0 Å². The molecule has 3 aromatic rings. The summed E-state index contributed by atoms with van der Waals surface area (Å²) in [4.78, 5) is 27.3. The summed E-state index contributed by atoms with van der Waals surface area (Å²) in [6.45, 7) is 3.77. The molecule has 2 aromatic carbocycles. The van der Waals surface area contributed by atoms with E-state index >= 15 is 0 Å². The number of carboxylic acid groups (broad SMARTS) is 1. The Morgan fingerprint density at radius 1 is 1.16 bits per heavy atom. The first-order valence-electron chi connectivity index (χ1n) is 7.96. The lowest BCUT2D eigenvalue weighted by Crippen LogP contribution is -2.16. The third-order valence-corrected chi connectivity index (χ3v) is 4.42. The summed E-state index contributed by atoms with van der Waals surface area (Å²) in [6.07, 6.45) is 1.39. The average molecular weight is 339 g/mol. The van der Waals surface area contributed by atoms with Gasteiger partial charge in [-0.05, 0) is 43.2 Å². The normalized spacial score (nSPS) is 12.3. The first-order valence-corrected chi connectivity index (χ1v) is 7.96. The number of fused-ring (bicyclic) bond motifs is 1. The fourth-order valence-electron chi connectivity index (χ4n) is 3.16. The minimum Gasteiger partial charge on any atom is -0.481 e. The number of aliphatic carboxylic acids is 1. The van der Waals surface area contributed by atoms with Gasteiger partial charge in [-0.15, -0.1) is 0 Å². The molecule has 5 heteroatoms. The number of carboxylic acids is 1. The lowest BCUT2D eigenvalue weighted by molar-refractivity contribution is -0.138. The molecule has 0 spiro atoms. The second-order valence-electron chi connectivity index (χ2n) is 6.27. The van der Waals surface area contributed by atoms with Crippen LogP contribution < -0.4 is 0 Å². The number of Topliss-reactive ketones (excluding diaryl/α,β-unsaturated/α-hetero) is 1. The highest BCUT2D eigenvalue weighted by atomic mass is 19.1. The molecule has 0 aliphatic heterocycles. The molecular weight excluding hydrogens is 321 g/mol. The Kier molecular flexibility index (Phi) is 4.40. The first-order chi connectivity index (χ1) is 11.9. The molecule has 1 heterocycles. The molecule has 3 rings (SSSR count). The molecule has 25 heavy (non-hydrogen) atoms. The first kappa shape index (κ1) is 16.9. The van der Waals surface area contributed by atoms with Crippen molar-refractivity contribution in [1.82, 2.24) is 4.98 Å². The summed E-state index contributed by atoms with van der Waals surface area (Å²) in [5.74, 6) is -2.70. The number of carbonyl (C=O) groups is 2. The van der Waals surface area contributed by atoms with Crippen molar-refractivity contribution in [1.29, 1.82) is 0 Å². The van der Waals surface area contributed by atoms with E-state index < -0.39 is 17.7 Å². The van der Waals surface area contributed by atoms with Gasteiger partial charge >= 0.3 is 5.97 Å². The molecule has 128 valence electrons. The van der Waals surface area contributed by atoms with E-state index in [1.54, 1.807) is 6.07 Å². The number of hydrogen-bond acceptors (Lipinski definition) is 2. The van der Waals surface area contributed by atoms with Gasteiger partial charge < -0.3 is 10.1 Å². The topological polar surface area (TPSA) is 70.2 Å². The Hall–Kier alpha value is -2.95. The largest absolute Gasteiger partial charge is 0.481 e. The number of carbonyl (C=O) groups excluding carboxylic acids is 1. The van der Waals surface area contributed by atoms with E-state index in [9.17, 15) is 19.1 Å². The molecule has 4 nitrogen and oxygen atoms in total. The van der Waals surface area contributed by atoms with Gasteiger partial charge in [0, 0.05) is 29.1 Å². The van der Waals surface area contributed by atoms with Gasteiger partial charge in [0.1, 0.15) is 5.82 Å². The van der Waals surface area contributed by atoms with Gasteiger partial charge in [0.25, 0.3) is 0 Å². The molecule has 0 saturated heterocycles. The van der Waals surface area contributed by atoms with Crippen molar-refractivity contribution in [3.8, 4) is 0 Å². The molecule has 0 fully saturated rings. The van der Waals surface area contributed by atoms with Crippen LogP contribution in [0.25, 0.3) is 10.9 Å². The van der Waals surface area contributed by atoms with Crippen LogP contribution in [0.1, 0.15) is 39.4 Å². The number of rotatable bonds is 5. The number of aromatic amines is 1. The third kappa shape index (κ3) is 3.31. The maximum Gasteiger partial charge on any atom is 0.311 e. The van der Waals surface area contributed by atoms with Crippen LogP contribution in [0.2, 0.25) is 0 Å². The average Bonchev–Trinajstić information content (AvgIpc) is 2.94. The van der Waals surface area contributed by atoms with E-state index in [0.717, 1.165) is 11.1 Å². The van der Waals surface area contributed by atoms with Crippen LogP contribution in [-0.2, 0) is 4.79 Å². The van der Waals surface area contributed by atoms with Crippen molar-refractivity contribution < 1.29 is 19.1 Å². The number of nitrogens with one attached hydrogen (secondary N) is 1. The highest BCUT2D eigenvalue weighted by Gasteiger charge is 2.27. The number of hydrogen-bond donors (Lipinski definition) is 2. The number of aromatic nitrogens is 1.